The number of benzene rings is 1. The number of halogens is 1. The zero-order valence-electron chi connectivity index (χ0n) is 22.9. The molecule has 0 fully saturated rings. The molecule has 1 aliphatic heterocycles. The third-order valence-electron chi connectivity index (χ3n) is 6.10. The zero-order chi connectivity index (χ0) is 28.6. The third-order valence-corrected chi connectivity index (χ3v) is 8.49. The Labute approximate surface area is 251 Å². The molecule has 0 spiro atoms. The third kappa shape index (κ3) is 6.00. The molecule has 0 bridgehead atoms. The molecule has 0 unspecified atom stereocenters. The number of anilines is 3. The van der Waals surface area contributed by atoms with Crippen molar-refractivity contribution in [1.29, 1.82) is 0 Å². The number of rotatable bonds is 7. The van der Waals surface area contributed by atoms with E-state index in [2.05, 4.69) is 23.1 Å². The van der Waals surface area contributed by atoms with Gasteiger partial charge in [-0.3, -0.25) is 9.08 Å². The van der Waals surface area contributed by atoms with Gasteiger partial charge in [0.1, 0.15) is 11.9 Å². The number of hydrogen-bond acceptors (Lipinski definition) is 9. The number of nitrogens with zero attached hydrogens (tertiary/aromatic N) is 7. The van der Waals surface area contributed by atoms with Gasteiger partial charge in [0, 0.05) is 63.9 Å². The number of hydrogen-bond donors (Lipinski definition) is 2. The summed E-state index contributed by atoms with van der Waals surface area (Å²) in [6, 6.07) is 10.1. The minimum Gasteiger partial charge on any atom is -0.444 e. The second-order valence-corrected chi connectivity index (χ2v) is 12.9. The molecule has 5 aromatic rings. The van der Waals surface area contributed by atoms with Crippen molar-refractivity contribution in [3.05, 3.63) is 66.1 Å². The number of fused-ring (bicyclic) bond motifs is 1. The lowest BCUT2D eigenvalue weighted by molar-refractivity contribution is 0.0523. The van der Waals surface area contributed by atoms with Gasteiger partial charge in [-0.1, -0.05) is 0 Å². The average Bonchev–Trinajstić information content (AvgIpc) is 3.74. The summed E-state index contributed by atoms with van der Waals surface area (Å²) in [5.74, 6) is 0.616. The minimum atomic E-state index is -0.571. The van der Waals surface area contributed by atoms with E-state index in [1.807, 2.05) is 104 Å². The molecule has 0 saturated heterocycles. The molecule has 0 aliphatic carbocycles. The summed E-state index contributed by atoms with van der Waals surface area (Å²) in [4.78, 5) is 25.1. The highest BCUT2D eigenvalue weighted by atomic mass is 127. The highest BCUT2D eigenvalue weighted by Crippen LogP contribution is 2.33. The maximum atomic E-state index is 12.3. The lowest BCUT2D eigenvalue weighted by Gasteiger charge is -2.19. The molecule has 4 aromatic heterocycles. The Morgan fingerprint density at radius 2 is 1.95 bits per heavy atom. The molecule has 1 aliphatic rings. The fourth-order valence-corrected chi connectivity index (χ4v) is 6.45. The first-order chi connectivity index (χ1) is 19.7. The van der Waals surface area contributed by atoms with Crippen LogP contribution in [-0.4, -0.2) is 46.3 Å². The summed E-state index contributed by atoms with van der Waals surface area (Å²) >= 11 is 1.32. The summed E-state index contributed by atoms with van der Waals surface area (Å²) in [5, 5.41) is 12.7. The van der Waals surface area contributed by atoms with E-state index < -0.39 is 11.7 Å². The Balaban J connectivity index is 1.36. The van der Waals surface area contributed by atoms with Gasteiger partial charge in [0.15, 0.2) is 11.5 Å². The summed E-state index contributed by atoms with van der Waals surface area (Å²) in [7, 11) is 1.89. The van der Waals surface area contributed by atoms with Crippen LogP contribution in [0.4, 0.5) is 22.0 Å². The number of thiophene rings is 1. The number of ether oxygens (including phenoxy) is 1. The van der Waals surface area contributed by atoms with Gasteiger partial charge in [0.2, 0.25) is 0 Å². The van der Waals surface area contributed by atoms with Crippen LogP contribution in [0, 0.1) is 0 Å². The van der Waals surface area contributed by atoms with Crippen molar-refractivity contribution in [3.8, 4) is 21.8 Å². The first kappa shape index (κ1) is 27.1. The van der Waals surface area contributed by atoms with Gasteiger partial charge in [-0.15, -0.1) is 11.3 Å². The molecule has 0 atom stereocenters. The van der Waals surface area contributed by atoms with Crippen LogP contribution in [0.5, 0.6) is 0 Å². The van der Waals surface area contributed by atoms with Crippen molar-refractivity contribution in [2.45, 2.75) is 32.9 Å². The molecule has 0 saturated carbocycles. The van der Waals surface area contributed by atoms with Crippen molar-refractivity contribution in [3.63, 3.8) is 0 Å². The van der Waals surface area contributed by atoms with Crippen molar-refractivity contribution in [1.82, 2.24) is 29.5 Å². The molecular formula is C28H28IN9O2S. The standard InChI is InChI=1S/C28H28IN9O2S/c1-28(2,3)40-27(39)31-11-18-9-10-41-24(18)22-15-38-23(19-12-33-36(4)14-19)13-30-26(38)25(35-22)34-20-5-7-21(8-6-20)37-16-29-32-17-37/h5-10,12-17H,11H2,1-4H3,(H,31,39)(H,34,35). The number of aryl methyl sites for hydroxylation is 1. The maximum Gasteiger partial charge on any atom is 0.407 e. The highest BCUT2D eigenvalue weighted by Gasteiger charge is 2.19. The van der Waals surface area contributed by atoms with Crippen molar-refractivity contribution >= 4 is 71.7 Å². The minimum absolute atomic E-state index is 0.248. The SMILES string of the molecule is Cn1cc(-c2cnc3c(Nc4ccc(N5C=NI=C5)cc4)nc(-c4sccc4CNC(=O)OC(C)(C)C)cn23)cn1. The molecule has 41 heavy (non-hydrogen) atoms. The van der Waals surface area contributed by atoms with Gasteiger partial charge in [0.05, 0.1) is 32.8 Å². The summed E-state index contributed by atoms with van der Waals surface area (Å²) < 4.78 is 15.7. The van der Waals surface area contributed by atoms with Crippen LogP contribution >= 0.6 is 32.3 Å². The molecule has 1 aromatic carbocycles. The van der Waals surface area contributed by atoms with Gasteiger partial charge in [-0.2, -0.15) is 5.10 Å². The van der Waals surface area contributed by atoms with Gasteiger partial charge < -0.3 is 20.3 Å². The Bertz CT molecular complexity index is 1770. The van der Waals surface area contributed by atoms with E-state index in [0.717, 1.165) is 38.8 Å². The van der Waals surface area contributed by atoms with E-state index >= 15 is 0 Å². The van der Waals surface area contributed by atoms with Gasteiger partial charge >= 0.3 is 6.09 Å². The summed E-state index contributed by atoms with van der Waals surface area (Å²) in [6.07, 6.45) is 8.99. The van der Waals surface area contributed by atoms with Crippen LogP contribution in [0.3, 0.4) is 0 Å². The summed E-state index contributed by atoms with van der Waals surface area (Å²) in [6.45, 7) is 5.84. The molecule has 11 nitrogen and oxygen atoms in total. The van der Waals surface area contributed by atoms with Gasteiger partial charge in [-0.25, -0.2) is 18.0 Å². The number of aromatic nitrogens is 5. The van der Waals surface area contributed by atoms with Crippen LogP contribution in [0.2, 0.25) is 0 Å². The second-order valence-electron chi connectivity index (χ2n) is 10.3. The Hall–Kier alpha value is -4.11. The smallest absolute Gasteiger partial charge is 0.407 e. The molecule has 210 valence electrons. The highest BCUT2D eigenvalue weighted by molar-refractivity contribution is 14.2. The number of carbonyl (C=O) groups is 1. The number of imidazole rings is 1. The van der Waals surface area contributed by atoms with E-state index in [1.165, 1.54) is 0 Å². The van der Waals surface area contributed by atoms with E-state index in [0.29, 0.717) is 18.0 Å². The Morgan fingerprint density at radius 1 is 1.12 bits per heavy atom. The van der Waals surface area contributed by atoms with Crippen LogP contribution in [-0.2, 0) is 18.3 Å². The number of nitrogens with one attached hydrogen (secondary N) is 2. The van der Waals surface area contributed by atoms with E-state index in [1.54, 1.807) is 16.0 Å². The molecular weight excluding hydrogens is 653 g/mol. The van der Waals surface area contributed by atoms with Crippen LogP contribution in [0.1, 0.15) is 26.3 Å². The quantitative estimate of drug-likeness (QED) is 0.199. The lowest BCUT2D eigenvalue weighted by atomic mass is 10.2. The van der Waals surface area contributed by atoms with E-state index in [4.69, 9.17) is 14.7 Å². The van der Waals surface area contributed by atoms with E-state index in [9.17, 15) is 4.79 Å². The molecule has 5 heterocycles. The Morgan fingerprint density at radius 3 is 2.66 bits per heavy atom. The monoisotopic (exact) mass is 681 g/mol. The van der Waals surface area contributed by atoms with Crippen LogP contribution in [0.25, 0.3) is 27.5 Å². The first-order valence-corrected chi connectivity index (χ1v) is 15.9. The number of carbonyl (C=O) groups excluding carboxylic acids is 1. The molecule has 1 amide bonds. The summed E-state index contributed by atoms with van der Waals surface area (Å²) in [5.41, 5.74) is 5.59. The van der Waals surface area contributed by atoms with Gasteiger partial charge in [-0.05, 0) is 62.0 Å². The van der Waals surface area contributed by atoms with E-state index in [-0.39, 0.29) is 21.0 Å². The predicted molar refractivity (Wildman–Crippen MR) is 172 cm³/mol. The van der Waals surface area contributed by atoms with Gasteiger partial charge in [0.25, 0.3) is 0 Å². The Kier molecular flexibility index (Phi) is 7.30. The van der Waals surface area contributed by atoms with Crippen molar-refractivity contribution in [2.75, 3.05) is 10.2 Å². The fourth-order valence-electron chi connectivity index (χ4n) is 4.28. The van der Waals surface area contributed by atoms with Crippen molar-refractivity contribution < 1.29 is 9.53 Å². The number of alkyl carbamates (subject to hydrolysis) is 1. The van der Waals surface area contributed by atoms with Crippen molar-refractivity contribution in [2.24, 2.45) is 10.3 Å². The molecule has 13 heteroatoms. The molecule has 0 radical (unpaired) electrons. The topological polar surface area (TPSA) is 114 Å². The fraction of sp³-hybridized carbons (Fsp3) is 0.214. The molecule has 2 N–H and O–H groups in total. The zero-order valence-corrected chi connectivity index (χ0v) is 25.8. The average molecular weight is 682 g/mol. The second kappa shape index (κ2) is 11.0. The predicted octanol–water partition coefficient (Wildman–Crippen LogP) is 6.12. The normalized spacial score (nSPS) is 13.0. The number of amides is 1. The van der Waals surface area contributed by atoms with Crippen LogP contribution < -0.4 is 15.5 Å². The largest absolute Gasteiger partial charge is 0.444 e. The lowest BCUT2D eigenvalue weighted by Crippen LogP contribution is -2.32. The van der Waals surface area contributed by atoms with Crippen LogP contribution in [0.15, 0.2) is 63.7 Å². The first-order valence-electron chi connectivity index (χ1n) is 12.8. The molecule has 6 rings (SSSR count). The maximum absolute atomic E-state index is 12.3.